The lowest BCUT2D eigenvalue weighted by Gasteiger charge is -2.32. The van der Waals surface area contributed by atoms with Gasteiger partial charge < -0.3 is 9.44 Å². The Kier molecular flexibility index (Phi) is 11.6. The number of halogens is 1. The molecular weight excluding hydrogens is 353 g/mol. The summed E-state index contributed by atoms with van der Waals surface area (Å²) in [6, 6.07) is 0. The van der Waals surface area contributed by atoms with Crippen molar-refractivity contribution >= 4 is 5.97 Å². The summed E-state index contributed by atoms with van der Waals surface area (Å²) >= 11 is 0. The second-order valence-corrected chi connectivity index (χ2v) is 8.40. The lowest BCUT2D eigenvalue weighted by atomic mass is 9.72. The fourth-order valence-electron chi connectivity index (χ4n) is 3.27. The number of likely N-dealkylation sites (N-methyl/N-ethyl adjacent to an activating group) is 1. The number of ether oxygens (including phenoxy) is 1. The van der Waals surface area contributed by atoms with E-state index in [2.05, 4.69) is 45.9 Å². The Balaban J connectivity index is 0.00000729. The zero-order chi connectivity index (χ0) is 20.4. The molecule has 0 N–H and O–H groups in total. The van der Waals surface area contributed by atoms with E-state index in [1.54, 1.807) is 4.90 Å². The highest BCUT2D eigenvalue weighted by Crippen LogP contribution is 2.40. The number of allylic oxidation sites excluding steroid dienone is 9. The van der Waals surface area contributed by atoms with Crippen LogP contribution in [0.15, 0.2) is 58.7 Å². The van der Waals surface area contributed by atoms with Crippen LogP contribution in [0, 0.1) is 5.41 Å². The molecular formula is C24H37FNO2-. The number of carbonyl (C=O) groups is 1. The summed E-state index contributed by atoms with van der Waals surface area (Å²) in [6.45, 7) is 11.7. The van der Waals surface area contributed by atoms with E-state index in [1.165, 1.54) is 36.0 Å². The lowest BCUT2D eigenvalue weighted by Crippen LogP contribution is -3.00. The summed E-state index contributed by atoms with van der Waals surface area (Å²) in [5.74, 6) is -0.204. The van der Waals surface area contributed by atoms with Gasteiger partial charge in [0.05, 0.1) is 6.54 Å². The summed E-state index contributed by atoms with van der Waals surface area (Å²) in [7, 11) is 3.70. The Bertz CT molecular complexity index is 664. The van der Waals surface area contributed by atoms with Crippen LogP contribution in [-0.2, 0) is 9.53 Å². The quantitative estimate of drug-likeness (QED) is 0.471. The van der Waals surface area contributed by atoms with Crippen LogP contribution in [0.1, 0.15) is 53.9 Å². The monoisotopic (exact) mass is 390 g/mol. The summed E-state index contributed by atoms with van der Waals surface area (Å²) in [6.07, 6.45) is 16.4. The van der Waals surface area contributed by atoms with E-state index in [9.17, 15) is 4.79 Å². The van der Waals surface area contributed by atoms with Crippen LogP contribution in [0.3, 0.4) is 0 Å². The highest BCUT2D eigenvalue weighted by molar-refractivity contribution is 5.71. The van der Waals surface area contributed by atoms with E-state index in [4.69, 9.17) is 4.74 Å². The van der Waals surface area contributed by atoms with Gasteiger partial charge in [0.2, 0.25) is 0 Å². The minimum absolute atomic E-state index is 0. The van der Waals surface area contributed by atoms with Gasteiger partial charge in [-0.3, -0.25) is 9.69 Å². The minimum atomic E-state index is -0.204. The zero-order valence-corrected chi connectivity index (χ0v) is 18.6. The fourth-order valence-corrected chi connectivity index (χ4v) is 3.27. The summed E-state index contributed by atoms with van der Waals surface area (Å²) in [5.41, 5.74) is 5.58. The van der Waals surface area contributed by atoms with Gasteiger partial charge in [0, 0.05) is 0 Å². The van der Waals surface area contributed by atoms with Crippen LogP contribution < -0.4 is 4.70 Å². The molecule has 3 nitrogen and oxygen atoms in total. The first-order valence-corrected chi connectivity index (χ1v) is 9.82. The van der Waals surface area contributed by atoms with E-state index < -0.39 is 0 Å². The summed E-state index contributed by atoms with van der Waals surface area (Å²) in [4.78, 5) is 13.3. The second-order valence-electron chi connectivity index (χ2n) is 8.40. The van der Waals surface area contributed by atoms with Crippen molar-refractivity contribution in [3.63, 3.8) is 0 Å². The van der Waals surface area contributed by atoms with Crippen LogP contribution in [0.5, 0.6) is 0 Å². The Labute approximate surface area is 170 Å². The molecule has 1 aliphatic carbocycles. The predicted molar refractivity (Wildman–Crippen MR) is 116 cm³/mol. The first-order chi connectivity index (χ1) is 12.6. The molecule has 0 atom stereocenters. The van der Waals surface area contributed by atoms with Gasteiger partial charge in [0.1, 0.15) is 6.61 Å². The molecule has 0 bridgehead atoms. The van der Waals surface area contributed by atoms with Gasteiger partial charge in [-0.25, -0.2) is 0 Å². The lowest BCUT2D eigenvalue weighted by molar-refractivity contribution is -0.143. The van der Waals surface area contributed by atoms with Gasteiger partial charge in [-0.2, -0.15) is 0 Å². The maximum Gasteiger partial charge on any atom is 0.320 e. The van der Waals surface area contributed by atoms with Gasteiger partial charge in [0.25, 0.3) is 0 Å². The molecule has 0 aliphatic heterocycles. The minimum Gasteiger partial charge on any atom is -1.00 e. The molecule has 0 saturated heterocycles. The maximum atomic E-state index is 11.5. The van der Waals surface area contributed by atoms with Crippen molar-refractivity contribution in [2.75, 3.05) is 27.2 Å². The molecule has 1 rings (SSSR count). The third-order valence-corrected chi connectivity index (χ3v) is 4.87. The first-order valence-electron chi connectivity index (χ1n) is 9.82. The van der Waals surface area contributed by atoms with Gasteiger partial charge in [-0.1, -0.05) is 60.9 Å². The first kappa shape index (κ1) is 26.1. The average molecular weight is 391 g/mol. The number of esters is 1. The van der Waals surface area contributed by atoms with Crippen LogP contribution in [0.2, 0.25) is 0 Å². The van der Waals surface area contributed by atoms with Crippen LogP contribution >= 0.6 is 0 Å². The normalized spacial score (nSPS) is 18.1. The highest BCUT2D eigenvalue weighted by Gasteiger charge is 2.26. The van der Waals surface area contributed by atoms with Crippen molar-refractivity contribution in [2.45, 2.75) is 53.9 Å². The Morgan fingerprint density at radius 2 is 1.86 bits per heavy atom. The predicted octanol–water partition coefficient (Wildman–Crippen LogP) is 2.63. The number of hydrogen-bond acceptors (Lipinski definition) is 3. The van der Waals surface area contributed by atoms with Crippen LogP contribution in [0.25, 0.3) is 0 Å². The van der Waals surface area contributed by atoms with Crippen molar-refractivity contribution < 1.29 is 14.2 Å². The number of nitrogens with zero attached hydrogens (tertiary/aromatic N) is 1. The summed E-state index contributed by atoms with van der Waals surface area (Å²) < 4.78 is 5.16. The van der Waals surface area contributed by atoms with Crippen molar-refractivity contribution in [1.82, 2.24) is 4.90 Å². The van der Waals surface area contributed by atoms with Gasteiger partial charge in [-0.05, 0) is 71.2 Å². The molecule has 4 heteroatoms. The topological polar surface area (TPSA) is 29.5 Å². The largest absolute Gasteiger partial charge is 1.00 e. The van der Waals surface area contributed by atoms with Crippen molar-refractivity contribution in [2.24, 2.45) is 5.41 Å². The van der Waals surface area contributed by atoms with E-state index in [0.717, 1.165) is 5.57 Å². The van der Waals surface area contributed by atoms with Crippen molar-refractivity contribution in [3.8, 4) is 0 Å². The Morgan fingerprint density at radius 3 is 2.46 bits per heavy atom. The standard InChI is InChI=1S/C24H37NO2.FH/c1-19(13-14-22-21(3)12-9-16-24(22,4)5)10-8-11-20(2)15-17-27-23(26)18-25(6)7;/h8,10-11,13-15H,9,12,16-18H2,1-7H3;1H/p-1/b11-8+,14-13+,19-10+,20-15+;. The SMILES string of the molecule is CC1=C(/C=C/C(C)=C/C=C/C(C)=C/COC(=O)CN(C)C)C(C)(C)CCC1.[F-]. The molecule has 0 radical (unpaired) electrons. The highest BCUT2D eigenvalue weighted by atomic mass is 19.0. The zero-order valence-electron chi connectivity index (χ0n) is 18.6. The van der Waals surface area contributed by atoms with E-state index in [-0.39, 0.29) is 16.1 Å². The average Bonchev–Trinajstić information content (AvgIpc) is 2.53. The third kappa shape index (κ3) is 9.84. The van der Waals surface area contributed by atoms with E-state index in [1.807, 2.05) is 39.2 Å². The molecule has 1 aliphatic rings. The van der Waals surface area contributed by atoms with Crippen LogP contribution in [0.4, 0.5) is 0 Å². The number of rotatable bonds is 8. The molecule has 158 valence electrons. The van der Waals surface area contributed by atoms with Crippen LogP contribution in [-0.4, -0.2) is 38.1 Å². The smallest absolute Gasteiger partial charge is 0.320 e. The maximum absolute atomic E-state index is 11.5. The van der Waals surface area contributed by atoms with Crippen molar-refractivity contribution in [1.29, 1.82) is 0 Å². The molecule has 0 saturated carbocycles. The number of hydrogen-bond donors (Lipinski definition) is 0. The fraction of sp³-hybridized carbons (Fsp3) is 0.542. The molecule has 28 heavy (non-hydrogen) atoms. The molecule has 0 aromatic rings. The molecule has 0 aromatic carbocycles. The van der Waals surface area contributed by atoms with E-state index in [0.29, 0.717) is 13.2 Å². The Hall–Kier alpha value is -1.94. The number of carbonyl (C=O) groups excluding carboxylic acids is 1. The molecule has 0 spiro atoms. The van der Waals surface area contributed by atoms with Gasteiger partial charge in [0.15, 0.2) is 0 Å². The van der Waals surface area contributed by atoms with Gasteiger partial charge >= 0.3 is 5.97 Å². The second kappa shape index (κ2) is 12.5. The molecule has 0 heterocycles. The van der Waals surface area contributed by atoms with Gasteiger partial charge in [-0.15, -0.1) is 0 Å². The molecule has 0 amide bonds. The molecule has 0 fully saturated rings. The third-order valence-electron chi connectivity index (χ3n) is 4.87. The molecule has 0 unspecified atom stereocenters. The summed E-state index contributed by atoms with van der Waals surface area (Å²) in [5, 5.41) is 0. The Morgan fingerprint density at radius 1 is 1.18 bits per heavy atom. The molecule has 0 aromatic heterocycles. The van der Waals surface area contributed by atoms with Crippen molar-refractivity contribution in [3.05, 3.63) is 58.7 Å². The van der Waals surface area contributed by atoms with E-state index >= 15 is 0 Å².